The summed E-state index contributed by atoms with van der Waals surface area (Å²) in [6, 6.07) is -0.795. The highest BCUT2D eigenvalue weighted by atomic mass is 16.5. The molecule has 0 aromatic heterocycles. The number of primary amides is 1. The molecule has 0 saturated heterocycles. The van der Waals surface area contributed by atoms with Crippen LogP contribution in [0.15, 0.2) is 0 Å². The fourth-order valence-corrected chi connectivity index (χ4v) is 1.41. The van der Waals surface area contributed by atoms with Crippen molar-refractivity contribution in [3.05, 3.63) is 0 Å². The van der Waals surface area contributed by atoms with Crippen molar-refractivity contribution >= 4 is 17.8 Å². The monoisotopic (exact) mass is 258 g/mol. The Morgan fingerprint density at radius 2 is 1.94 bits per heavy atom. The summed E-state index contributed by atoms with van der Waals surface area (Å²) in [6.07, 6.45) is 3.02. The van der Waals surface area contributed by atoms with Crippen LogP contribution in [0.1, 0.15) is 46.0 Å². The zero-order valence-corrected chi connectivity index (χ0v) is 11.0. The van der Waals surface area contributed by atoms with Gasteiger partial charge in [-0.1, -0.05) is 19.8 Å². The molecule has 0 aliphatic heterocycles. The number of nitrogens with two attached hydrogens (primary N) is 1. The average molecular weight is 258 g/mol. The Kier molecular flexibility index (Phi) is 8.61. The highest BCUT2D eigenvalue weighted by molar-refractivity contribution is 5.84. The molecule has 0 heterocycles. The van der Waals surface area contributed by atoms with Crippen molar-refractivity contribution < 1.29 is 19.1 Å². The number of carbonyl (C=O) groups excluding carboxylic acids is 3. The molecule has 104 valence electrons. The van der Waals surface area contributed by atoms with E-state index in [1.54, 1.807) is 0 Å². The molecule has 1 atom stereocenters. The first-order valence-electron chi connectivity index (χ1n) is 6.19. The minimum Gasteiger partial charge on any atom is -0.464 e. The Bertz CT molecular complexity index is 292. The van der Waals surface area contributed by atoms with Gasteiger partial charge >= 0.3 is 5.97 Å². The van der Waals surface area contributed by atoms with Gasteiger partial charge in [-0.3, -0.25) is 9.59 Å². The van der Waals surface area contributed by atoms with E-state index in [0.717, 1.165) is 19.3 Å². The van der Waals surface area contributed by atoms with E-state index in [4.69, 9.17) is 10.5 Å². The lowest BCUT2D eigenvalue weighted by molar-refractivity contribution is -0.148. The molecule has 0 aromatic carbocycles. The smallest absolute Gasteiger partial charge is 0.328 e. The van der Waals surface area contributed by atoms with Gasteiger partial charge in [-0.2, -0.15) is 0 Å². The van der Waals surface area contributed by atoms with E-state index >= 15 is 0 Å². The van der Waals surface area contributed by atoms with E-state index in [0.29, 0.717) is 6.61 Å². The van der Waals surface area contributed by atoms with Gasteiger partial charge < -0.3 is 15.8 Å². The van der Waals surface area contributed by atoms with Gasteiger partial charge in [-0.15, -0.1) is 0 Å². The minimum atomic E-state index is -0.795. The quantitative estimate of drug-likeness (QED) is 0.464. The fourth-order valence-electron chi connectivity index (χ4n) is 1.41. The normalized spacial score (nSPS) is 11.7. The van der Waals surface area contributed by atoms with Gasteiger partial charge in [0.1, 0.15) is 6.04 Å². The van der Waals surface area contributed by atoms with Crippen LogP contribution in [-0.2, 0) is 19.1 Å². The molecule has 18 heavy (non-hydrogen) atoms. The molecule has 0 aliphatic rings. The second-order valence-electron chi connectivity index (χ2n) is 4.13. The summed E-state index contributed by atoms with van der Waals surface area (Å²) < 4.78 is 5.03. The zero-order valence-electron chi connectivity index (χ0n) is 11.0. The standard InChI is InChI=1S/C12H22N2O4/c1-3-4-5-8-18-12(17)10(14-9(2)15)6-7-11(13)16/h10H,3-8H2,1-2H3,(H2,13,16)(H,14,15). The molecule has 1 unspecified atom stereocenters. The van der Waals surface area contributed by atoms with Crippen LogP contribution in [-0.4, -0.2) is 30.4 Å². The van der Waals surface area contributed by atoms with Crippen molar-refractivity contribution in [2.75, 3.05) is 6.61 Å². The Hall–Kier alpha value is -1.59. The average Bonchev–Trinajstić information content (AvgIpc) is 2.29. The molecule has 0 aliphatic carbocycles. The lowest BCUT2D eigenvalue weighted by atomic mass is 10.1. The highest BCUT2D eigenvalue weighted by Gasteiger charge is 2.21. The highest BCUT2D eigenvalue weighted by Crippen LogP contribution is 2.02. The first kappa shape index (κ1) is 16.4. The summed E-state index contributed by atoms with van der Waals surface area (Å²) >= 11 is 0. The SMILES string of the molecule is CCCCCOC(=O)C(CCC(N)=O)NC(C)=O. The van der Waals surface area contributed by atoms with E-state index in [2.05, 4.69) is 12.2 Å². The van der Waals surface area contributed by atoms with Gasteiger partial charge in [0.05, 0.1) is 6.61 Å². The molecule has 0 spiro atoms. The third-order valence-corrected chi connectivity index (χ3v) is 2.33. The number of hydrogen-bond acceptors (Lipinski definition) is 4. The number of nitrogens with one attached hydrogen (secondary N) is 1. The Morgan fingerprint density at radius 3 is 2.44 bits per heavy atom. The van der Waals surface area contributed by atoms with Crippen molar-refractivity contribution in [3.63, 3.8) is 0 Å². The van der Waals surface area contributed by atoms with Crippen molar-refractivity contribution in [2.24, 2.45) is 5.73 Å². The molecule has 0 rings (SSSR count). The maximum absolute atomic E-state index is 11.7. The van der Waals surface area contributed by atoms with Gasteiger partial charge in [0.2, 0.25) is 11.8 Å². The fraction of sp³-hybridized carbons (Fsp3) is 0.750. The van der Waals surface area contributed by atoms with Gasteiger partial charge in [0.25, 0.3) is 0 Å². The Labute approximate surface area is 107 Å². The van der Waals surface area contributed by atoms with E-state index < -0.39 is 17.9 Å². The summed E-state index contributed by atoms with van der Waals surface area (Å²) in [5.41, 5.74) is 5.01. The predicted molar refractivity (Wildman–Crippen MR) is 66.5 cm³/mol. The maximum Gasteiger partial charge on any atom is 0.328 e. The molecule has 0 bridgehead atoms. The maximum atomic E-state index is 11.7. The molecule has 0 radical (unpaired) electrons. The number of unbranched alkanes of at least 4 members (excludes halogenated alkanes) is 2. The van der Waals surface area contributed by atoms with Crippen LogP contribution in [0.2, 0.25) is 0 Å². The number of carbonyl (C=O) groups is 3. The molecule has 0 aromatic rings. The third kappa shape index (κ3) is 8.55. The second-order valence-corrected chi connectivity index (χ2v) is 4.13. The summed E-state index contributed by atoms with van der Waals surface area (Å²) in [4.78, 5) is 33.3. The number of amides is 2. The van der Waals surface area contributed by atoms with Crippen LogP contribution >= 0.6 is 0 Å². The van der Waals surface area contributed by atoms with E-state index in [9.17, 15) is 14.4 Å². The Morgan fingerprint density at radius 1 is 1.28 bits per heavy atom. The lowest BCUT2D eigenvalue weighted by Crippen LogP contribution is -2.41. The molecule has 2 amide bonds. The zero-order chi connectivity index (χ0) is 14.0. The molecule has 6 nitrogen and oxygen atoms in total. The number of rotatable bonds is 9. The van der Waals surface area contributed by atoms with Gasteiger partial charge in [0.15, 0.2) is 0 Å². The molecule has 3 N–H and O–H groups in total. The topological polar surface area (TPSA) is 98.5 Å². The lowest BCUT2D eigenvalue weighted by Gasteiger charge is -2.16. The second kappa shape index (κ2) is 9.44. The van der Waals surface area contributed by atoms with Crippen LogP contribution in [0, 0.1) is 0 Å². The van der Waals surface area contributed by atoms with Crippen LogP contribution in [0.3, 0.4) is 0 Å². The molecular formula is C12H22N2O4. The summed E-state index contributed by atoms with van der Waals surface area (Å²) in [5.74, 6) is -1.36. The number of ether oxygens (including phenoxy) is 1. The van der Waals surface area contributed by atoms with Gasteiger partial charge in [-0.05, 0) is 12.8 Å². The van der Waals surface area contributed by atoms with Gasteiger partial charge in [-0.25, -0.2) is 4.79 Å². The van der Waals surface area contributed by atoms with Crippen molar-refractivity contribution in [2.45, 2.75) is 52.0 Å². The summed E-state index contributed by atoms with van der Waals surface area (Å²) in [7, 11) is 0. The van der Waals surface area contributed by atoms with Crippen molar-refractivity contribution in [3.8, 4) is 0 Å². The third-order valence-electron chi connectivity index (χ3n) is 2.33. The Balaban J connectivity index is 4.13. The van der Waals surface area contributed by atoms with Crippen LogP contribution in [0.4, 0.5) is 0 Å². The minimum absolute atomic E-state index is 0.0367. The molecule has 0 saturated carbocycles. The first-order valence-corrected chi connectivity index (χ1v) is 6.19. The van der Waals surface area contributed by atoms with Crippen molar-refractivity contribution in [1.82, 2.24) is 5.32 Å². The van der Waals surface area contributed by atoms with Crippen LogP contribution in [0.5, 0.6) is 0 Å². The molecular weight excluding hydrogens is 236 g/mol. The van der Waals surface area contributed by atoms with Crippen LogP contribution < -0.4 is 11.1 Å². The van der Waals surface area contributed by atoms with E-state index in [1.165, 1.54) is 6.92 Å². The van der Waals surface area contributed by atoms with Crippen molar-refractivity contribution in [1.29, 1.82) is 0 Å². The van der Waals surface area contributed by atoms with E-state index in [-0.39, 0.29) is 18.7 Å². The summed E-state index contributed by atoms with van der Waals surface area (Å²) in [5, 5.41) is 2.45. The molecule has 6 heteroatoms. The van der Waals surface area contributed by atoms with Crippen LogP contribution in [0.25, 0.3) is 0 Å². The number of hydrogen-bond donors (Lipinski definition) is 2. The molecule has 0 fully saturated rings. The largest absolute Gasteiger partial charge is 0.464 e. The number of esters is 1. The first-order chi connectivity index (χ1) is 8.47. The van der Waals surface area contributed by atoms with Gasteiger partial charge in [0, 0.05) is 13.3 Å². The predicted octanol–water partition coefficient (Wildman–Crippen LogP) is 0.490. The van der Waals surface area contributed by atoms with E-state index in [1.807, 2.05) is 0 Å². The summed E-state index contributed by atoms with van der Waals surface area (Å²) in [6.45, 7) is 3.69.